The van der Waals surface area contributed by atoms with E-state index in [0.29, 0.717) is 22.9 Å². The van der Waals surface area contributed by atoms with Crippen LogP contribution in [-0.2, 0) is 11.4 Å². The fourth-order valence-corrected chi connectivity index (χ4v) is 2.93. The van der Waals surface area contributed by atoms with Gasteiger partial charge in [0, 0.05) is 17.2 Å². The summed E-state index contributed by atoms with van der Waals surface area (Å²) >= 11 is 11.9. The molecule has 0 saturated carbocycles. The number of nitriles is 1. The van der Waals surface area contributed by atoms with Crippen molar-refractivity contribution >= 4 is 46.6 Å². The Hall–Kier alpha value is -3.86. The zero-order valence-electron chi connectivity index (χ0n) is 16.4. The molecule has 0 bridgehead atoms. The van der Waals surface area contributed by atoms with Crippen molar-refractivity contribution in [1.29, 1.82) is 5.26 Å². The van der Waals surface area contributed by atoms with Gasteiger partial charge >= 0.3 is 0 Å². The minimum Gasteiger partial charge on any atom is -0.489 e. The zero-order valence-corrected chi connectivity index (χ0v) is 17.9. The molecule has 0 fully saturated rings. The van der Waals surface area contributed by atoms with Crippen LogP contribution >= 0.6 is 23.2 Å². The van der Waals surface area contributed by atoms with Crippen LogP contribution in [0.15, 0.2) is 72.3 Å². The Kier molecular flexibility index (Phi) is 7.45. The largest absolute Gasteiger partial charge is 0.489 e. The number of halogens is 2. The van der Waals surface area contributed by atoms with Crippen LogP contribution < -0.4 is 10.1 Å². The fourth-order valence-electron chi connectivity index (χ4n) is 2.64. The molecule has 9 heteroatoms. The van der Waals surface area contributed by atoms with Gasteiger partial charge in [0.25, 0.3) is 11.6 Å². The molecule has 3 rings (SSSR count). The second-order valence-electron chi connectivity index (χ2n) is 6.53. The van der Waals surface area contributed by atoms with E-state index < -0.39 is 10.8 Å². The number of benzene rings is 3. The maximum atomic E-state index is 12.5. The number of nitro benzene ring substituents is 1. The first-order valence-electron chi connectivity index (χ1n) is 9.20. The number of ether oxygens (including phenoxy) is 1. The van der Waals surface area contributed by atoms with Crippen LogP contribution in [-0.4, -0.2) is 10.8 Å². The molecule has 0 saturated heterocycles. The molecule has 0 spiro atoms. The average Bonchev–Trinajstić information content (AvgIpc) is 2.79. The third-order valence-corrected chi connectivity index (χ3v) is 4.87. The smallest absolute Gasteiger partial charge is 0.271 e. The number of amides is 1. The number of carbonyl (C=O) groups is 1. The quantitative estimate of drug-likeness (QED) is 0.197. The van der Waals surface area contributed by atoms with Crippen LogP contribution in [0.25, 0.3) is 6.08 Å². The lowest BCUT2D eigenvalue weighted by Crippen LogP contribution is -2.14. The summed E-state index contributed by atoms with van der Waals surface area (Å²) in [7, 11) is 0. The van der Waals surface area contributed by atoms with E-state index in [-0.39, 0.29) is 22.0 Å². The van der Waals surface area contributed by atoms with E-state index in [4.69, 9.17) is 27.9 Å². The first kappa shape index (κ1) is 22.8. The van der Waals surface area contributed by atoms with Crippen molar-refractivity contribution in [2.75, 3.05) is 5.32 Å². The van der Waals surface area contributed by atoms with Crippen molar-refractivity contribution in [1.82, 2.24) is 0 Å². The zero-order chi connectivity index (χ0) is 23.1. The van der Waals surface area contributed by atoms with E-state index in [9.17, 15) is 20.2 Å². The molecular weight excluding hydrogens is 453 g/mol. The van der Waals surface area contributed by atoms with Gasteiger partial charge in [0.2, 0.25) is 0 Å². The van der Waals surface area contributed by atoms with Gasteiger partial charge in [-0.05, 0) is 47.5 Å². The van der Waals surface area contributed by atoms with Crippen molar-refractivity contribution in [2.45, 2.75) is 6.61 Å². The lowest BCUT2D eigenvalue weighted by Gasteiger charge is -2.08. The molecule has 3 aromatic rings. The normalized spacial score (nSPS) is 10.8. The van der Waals surface area contributed by atoms with Crippen molar-refractivity contribution in [3.05, 3.63) is 104 Å². The van der Waals surface area contributed by atoms with Crippen LogP contribution in [0.2, 0.25) is 10.0 Å². The van der Waals surface area contributed by atoms with Gasteiger partial charge in [-0.25, -0.2) is 0 Å². The monoisotopic (exact) mass is 467 g/mol. The third-order valence-electron chi connectivity index (χ3n) is 4.28. The highest BCUT2D eigenvalue weighted by Gasteiger charge is 2.15. The molecule has 1 amide bonds. The molecule has 1 N–H and O–H groups in total. The molecule has 0 atom stereocenters. The summed E-state index contributed by atoms with van der Waals surface area (Å²) in [5.74, 6) is -0.124. The van der Waals surface area contributed by atoms with Gasteiger partial charge in [-0.2, -0.15) is 5.26 Å². The molecule has 0 unspecified atom stereocenters. The van der Waals surface area contributed by atoms with Crippen LogP contribution in [0, 0.1) is 21.4 Å². The van der Waals surface area contributed by atoms with E-state index in [1.54, 1.807) is 36.4 Å². The Labute approximate surface area is 193 Å². The van der Waals surface area contributed by atoms with Gasteiger partial charge < -0.3 is 10.1 Å². The molecule has 0 heterocycles. The molecule has 3 aromatic carbocycles. The number of carbonyl (C=O) groups excluding carboxylic acids is 1. The molecular formula is C23H15Cl2N3O4. The van der Waals surface area contributed by atoms with E-state index in [0.717, 1.165) is 11.6 Å². The Bertz CT molecular complexity index is 1220. The average molecular weight is 468 g/mol. The van der Waals surface area contributed by atoms with Gasteiger partial charge in [0.1, 0.15) is 24.0 Å². The van der Waals surface area contributed by atoms with Crippen molar-refractivity contribution in [2.24, 2.45) is 0 Å². The Morgan fingerprint density at radius 2 is 1.78 bits per heavy atom. The summed E-state index contributed by atoms with van der Waals surface area (Å²) in [4.78, 5) is 22.8. The van der Waals surface area contributed by atoms with Gasteiger partial charge in [0.05, 0.1) is 15.6 Å². The maximum absolute atomic E-state index is 12.5. The minimum atomic E-state index is -0.738. The number of nitrogens with one attached hydrogen (secondary N) is 1. The summed E-state index contributed by atoms with van der Waals surface area (Å²) in [5.41, 5.74) is 1.17. The Morgan fingerprint density at radius 3 is 2.41 bits per heavy atom. The molecule has 0 aliphatic heterocycles. The molecule has 7 nitrogen and oxygen atoms in total. The van der Waals surface area contributed by atoms with E-state index in [1.165, 1.54) is 18.2 Å². The lowest BCUT2D eigenvalue weighted by molar-refractivity contribution is -0.384. The second kappa shape index (κ2) is 10.4. The van der Waals surface area contributed by atoms with Crippen LogP contribution in [0.4, 0.5) is 11.4 Å². The number of non-ortho nitro benzene ring substituents is 1. The molecule has 160 valence electrons. The van der Waals surface area contributed by atoms with Gasteiger partial charge in [-0.3, -0.25) is 14.9 Å². The first-order valence-corrected chi connectivity index (χ1v) is 9.95. The minimum absolute atomic E-state index is 0.0398. The molecule has 0 aliphatic carbocycles. The van der Waals surface area contributed by atoms with Crippen LogP contribution in [0.5, 0.6) is 5.75 Å². The third kappa shape index (κ3) is 6.08. The summed E-state index contributed by atoms with van der Waals surface area (Å²) < 4.78 is 5.71. The second-order valence-corrected chi connectivity index (χ2v) is 7.37. The van der Waals surface area contributed by atoms with Crippen LogP contribution in [0.1, 0.15) is 11.1 Å². The molecule has 0 radical (unpaired) electrons. The molecule has 0 aliphatic rings. The number of nitro groups is 1. The number of rotatable bonds is 7. The number of hydrogen-bond acceptors (Lipinski definition) is 5. The van der Waals surface area contributed by atoms with Crippen molar-refractivity contribution in [3.8, 4) is 11.8 Å². The van der Waals surface area contributed by atoms with Crippen LogP contribution in [0.3, 0.4) is 0 Å². The highest BCUT2D eigenvalue weighted by molar-refractivity contribution is 6.34. The standard InChI is InChI=1S/C23H15Cl2N3O4/c24-18-5-1-16(2-6-18)14-32-20-8-3-15(4-9-20)11-17(13-26)23(29)27-22-12-19(28(30)31)7-10-21(22)25/h1-12H,14H2,(H,27,29)/b17-11+. The van der Waals surface area contributed by atoms with E-state index in [2.05, 4.69) is 5.32 Å². The lowest BCUT2D eigenvalue weighted by atomic mass is 10.1. The predicted octanol–water partition coefficient (Wildman–Crippen LogP) is 6.03. The van der Waals surface area contributed by atoms with E-state index in [1.807, 2.05) is 18.2 Å². The van der Waals surface area contributed by atoms with Crippen molar-refractivity contribution < 1.29 is 14.5 Å². The first-order chi connectivity index (χ1) is 15.4. The molecule has 32 heavy (non-hydrogen) atoms. The van der Waals surface area contributed by atoms with Gasteiger partial charge in [0.15, 0.2) is 0 Å². The Morgan fingerprint density at radius 1 is 1.09 bits per heavy atom. The number of hydrogen-bond donors (Lipinski definition) is 1. The maximum Gasteiger partial charge on any atom is 0.271 e. The number of nitrogens with zero attached hydrogens (tertiary/aromatic N) is 2. The van der Waals surface area contributed by atoms with Crippen molar-refractivity contribution in [3.63, 3.8) is 0 Å². The highest BCUT2D eigenvalue weighted by Crippen LogP contribution is 2.27. The summed E-state index contributed by atoms with van der Waals surface area (Å²) in [6, 6.07) is 19.6. The SMILES string of the molecule is N#C/C(=C\c1ccc(OCc2ccc(Cl)cc2)cc1)C(=O)Nc1cc([N+](=O)[O-])ccc1Cl. The van der Waals surface area contributed by atoms with Gasteiger partial charge in [-0.15, -0.1) is 0 Å². The topological polar surface area (TPSA) is 105 Å². The molecule has 0 aromatic heterocycles. The number of anilines is 1. The Balaban J connectivity index is 1.68. The highest BCUT2D eigenvalue weighted by atomic mass is 35.5. The van der Waals surface area contributed by atoms with Gasteiger partial charge in [-0.1, -0.05) is 47.5 Å². The predicted molar refractivity (Wildman–Crippen MR) is 123 cm³/mol. The summed E-state index contributed by atoms with van der Waals surface area (Å²) in [6.07, 6.45) is 1.39. The summed E-state index contributed by atoms with van der Waals surface area (Å²) in [5, 5.41) is 23.5. The summed E-state index contributed by atoms with van der Waals surface area (Å²) in [6.45, 7) is 0.363. The van der Waals surface area contributed by atoms with E-state index >= 15 is 0 Å². The fraction of sp³-hybridized carbons (Fsp3) is 0.0435.